The molecule has 0 amide bonds. The van der Waals surface area contributed by atoms with Crippen molar-refractivity contribution in [1.29, 1.82) is 0 Å². The Bertz CT molecular complexity index is 182. The van der Waals surface area contributed by atoms with Gasteiger partial charge in [-0.25, -0.2) is 0 Å². The van der Waals surface area contributed by atoms with Gasteiger partial charge in [-0.15, -0.1) is 0 Å². The summed E-state index contributed by atoms with van der Waals surface area (Å²) < 4.78 is 0. The Hall–Kier alpha value is -0.0800. The van der Waals surface area contributed by atoms with E-state index in [0.29, 0.717) is 6.04 Å². The van der Waals surface area contributed by atoms with E-state index in [1.807, 2.05) is 0 Å². The predicted molar refractivity (Wildman–Crippen MR) is 76.4 cm³/mol. The Kier molecular flexibility index (Phi) is 7.87. The van der Waals surface area contributed by atoms with Crippen molar-refractivity contribution in [1.82, 2.24) is 10.2 Å². The molecule has 0 radical (unpaired) electrons. The van der Waals surface area contributed by atoms with Crippen LogP contribution in [-0.2, 0) is 0 Å². The molecule has 2 nitrogen and oxygen atoms in total. The van der Waals surface area contributed by atoms with Gasteiger partial charge in [0.2, 0.25) is 0 Å². The Morgan fingerprint density at radius 1 is 1.18 bits per heavy atom. The molecular weight excluding hydrogens is 208 g/mol. The molecule has 1 heterocycles. The lowest BCUT2D eigenvalue weighted by molar-refractivity contribution is 0.244. The van der Waals surface area contributed by atoms with Crippen molar-refractivity contribution in [2.75, 3.05) is 26.7 Å². The highest BCUT2D eigenvalue weighted by Gasteiger charge is 2.18. The third kappa shape index (κ3) is 5.87. The minimum atomic E-state index is 0.697. The smallest absolute Gasteiger partial charge is 0.0191 e. The molecule has 0 saturated carbocycles. The molecule has 0 spiro atoms. The third-order valence-corrected chi connectivity index (χ3v) is 4.16. The summed E-state index contributed by atoms with van der Waals surface area (Å²) in [7, 11) is 2.11. The second-order valence-corrected chi connectivity index (χ2v) is 5.66. The first-order chi connectivity index (χ1) is 8.30. The highest BCUT2D eigenvalue weighted by molar-refractivity contribution is 4.75. The molecule has 0 aromatic carbocycles. The summed E-state index contributed by atoms with van der Waals surface area (Å²) in [6.45, 7) is 8.50. The van der Waals surface area contributed by atoms with E-state index >= 15 is 0 Å². The van der Waals surface area contributed by atoms with E-state index in [2.05, 4.69) is 31.1 Å². The molecule has 0 aromatic rings. The Labute approximate surface area is 108 Å². The van der Waals surface area contributed by atoms with Crippen molar-refractivity contribution >= 4 is 0 Å². The number of rotatable bonds is 7. The van der Waals surface area contributed by atoms with Crippen LogP contribution in [0.3, 0.4) is 0 Å². The van der Waals surface area contributed by atoms with Crippen LogP contribution in [0, 0.1) is 5.92 Å². The molecule has 0 bridgehead atoms. The zero-order chi connectivity index (χ0) is 12.5. The fourth-order valence-electron chi connectivity index (χ4n) is 3.09. The third-order valence-electron chi connectivity index (χ3n) is 4.16. The molecule has 1 aliphatic heterocycles. The van der Waals surface area contributed by atoms with E-state index in [1.165, 1.54) is 64.6 Å². The van der Waals surface area contributed by atoms with Crippen molar-refractivity contribution in [3.05, 3.63) is 0 Å². The molecule has 0 aromatic heterocycles. The number of hydrogen-bond acceptors (Lipinski definition) is 2. The van der Waals surface area contributed by atoms with Gasteiger partial charge in [0.05, 0.1) is 0 Å². The number of likely N-dealkylation sites (tertiary alicyclic amines) is 1. The van der Waals surface area contributed by atoms with Gasteiger partial charge in [-0.3, -0.25) is 0 Å². The molecule has 2 atom stereocenters. The summed E-state index contributed by atoms with van der Waals surface area (Å²) in [6.07, 6.45) is 9.70. The molecule has 1 fully saturated rings. The van der Waals surface area contributed by atoms with Gasteiger partial charge in [-0.2, -0.15) is 0 Å². The van der Waals surface area contributed by atoms with Gasteiger partial charge in [-0.1, -0.05) is 33.1 Å². The van der Waals surface area contributed by atoms with Crippen molar-refractivity contribution in [3.8, 4) is 0 Å². The van der Waals surface area contributed by atoms with E-state index in [-0.39, 0.29) is 0 Å². The molecule has 2 unspecified atom stereocenters. The topological polar surface area (TPSA) is 15.3 Å². The van der Waals surface area contributed by atoms with Gasteiger partial charge in [0, 0.05) is 12.6 Å². The molecule has 102 valence electrons. The van der Waals surface area contributed by atoms with E-state index in [0.717, 1.165) is 5.92 Å². The fraction of sp³-hybridized carbons (Fsp3) is 1.00. The number of hydrogen-bond donors (Lipinski definition) is 1. The van der Waals surface area contributed by atoms with Gasteiger partial charge < -0.3 is 10.2 Å². The number of likely N-dealkylation sites (N-methyl/N-ethyl adjacent to an activating group) is 1. The maximum Gasteiger partial charge on any atom is 0.0191 e. The minimum absolute atomic E-state index is 0.697. The van der Waals surface area contributed by atoms with Crippen molar-refractivity contribution < 1.29 is 0 Å². The second-order valence-electron chi connectivity index (χ2n) is 5.66. The summed E-state index contributed by atoms with van der Waals surface area (Å²) in [5.41, 5.74) is 0. The normalized spacial score (nSPS) is 24.5. The Balaban J connectivity index is 2.29. The number of nitrogens with one attached hydrogen (secondary N) is 1. The predicted octanol–water partition coefficient (Wildman–Crippen LogP) is 3.28. The van der Waals surface area contributed by atoms with Crippen LogP contribution in [-0.4, -0.2) is 37.6 Å². The van der Waals surface area contributed by atoms with E-state index < -0.39 is 0 Å². The van der Waals surface area contributed by atoms with Crippen molar-refractivity contribution in [3.63, 3.8) is 0 Å². The van der Waals surface area contributed by atoms with Crippen LogP contribution in [0.1, 0.15) is 58.8 Å². The first kappa shape index (κ1) is 15.0. The summed E-state index contributed by atoms with van der Waals surface area (Å²) in [5.74, 6) is 1.00. The zero-order valence-corrected chi connectivity index (χ0v) is 12.2. The van der Waals surface area contributed by atoms with Crippen LogP contribution in [0.5, 0.6) is 0 Å². The SMILES string of the molecule is CCCC1CCCN(CC(CCC)NC)CC1. The molecule has 1 rings (SSSR count). The summed E-state index contributed by atoms with van der Waals surface area (Å²) in [4.78, 5) is 2.69. The van der Waals surface area contributed by atoms with Gasteiger partial charge in [-0.05, 0) is 51.7 Å². The van der Waals surface area contributed by atoms with E-state index in [9.17, 15) is 0 Å². The summed E-state index contributed by atoms with van der Waals surface area (Å²) in [5, 5.41) is 3.47. The first-order valence-corrected chi connectivity index (χ1v) is 7.69. The zero-order valence-electron chi connectivity index (χ0n) is 12.2. The quantitative estimate of drug-likeness (QED) is 0.735. The lowest BCUT2D eigenvalue weighted by Crippen LogP contribution is -2.39. The van der Waals surface area contributed by atoms with Crippen LogP contribution >= 0.6 is 0 Å². The monoisotopic (exact) mass is 240 g/mol. The van der Waals surface area contributed by atoms with E-state index in [4.69, 9.17) is 0 Å². The van der Waals surface area contributed by atoms with Gasteiger partial charge in [0.15, 0.2) is 0 Å². The number of nitrogens with zero attached hydrogens (tertiary/aromatic N) is 1. The molecule has 2 heteroatoms. The van der Waals surface area contributed by atoms with Crippen LogP contribution in [0.4, 0.5) is 0 Å². The van der Waals surface area contributed by atoms with Gasteiger partial charge >= 0.3 is 0 Å². The van der Waals surface area contributed by atoms with Gasteiger partial charge in [0.1, 0.15) is 0 Å². The van der Waals surface area contributed by atoms with Crippen molar-refractivity contribution in [2.45, 2.75) is 64.8 Å². The van der Waals surface area contributed by atoms with Crippen LogP contribution in [0.2, 0.25) is 0 Å². The molecular formula is C15H32N2. The Morgan fingerprint density at radius 3 is 2.65 bits per heavy atom. The van der Waals surface area contributed by atoms with E-state index in [1.54, 1.807) is 0 Å². The van der Waals surface area contributed by atoms with Crippen molar-refractivity contribution in [2.24, 2.45) is 5.92 Å². The Morgan fingerprint density at radius 2 is 2.00 bits per heavy atom. The van der Waals surface area contributed by atoms with Crippen LogP contribution in [0.15, 0.2) is 0 Å². The first-order valence-electron chi connectivity index (χ1n) is 7.69. The minimum Gasteiger partial charge on any atom is -0.316 e. The summed E-state index contributed by atoms with van der Waals surface area (Å²) in [6, 6.07) is 0.697. The molecule has 1 saturated heterocycles. The lowest BCUT2D eigenvalue weighted by atomic mass is 9.96. The molecule has 1 N–H and O–H groups in total. The fourth-order valence-corrected chi connectivity index (χ4v) is 3.09. The standard InChI is InChI=1S/C15H32N2/c1-4-7-14-9-6-11-17(12-10-14)13-15(16-3)8-5-2/h14-16H,4-13H2,1-3H3. The van der Waals surface area contributed by atoms with Gasteiger partial charge in [0.25, 0.3) is 0 Å². The largest absolute Gasteiger partial charge is 0.316 e. The maximum absolute atomic E-state index is 3.47. The average Bonchev–Trinajstić information content (AvgIpc) is 2.55. The van der Waals surface area contributed by atoms with Crippen LogP contribution < -0.4 is 5.32 Å². The lowest BCUT2D eigenvalue weighted by Gasteiger charge is -2.26. The highest BCUT2D eigenvalue weighted by atomic mass is 15.1. The summed E-state index contributed by atoms with van der Waals surface area (Å²) >= 11 is 0. The average molecular weight is 240 g/mol. The second kappa shape index (κ2) is 8.93. The molecule has 0 aliphatic carbocycles. The highest BCUT2D eigenvalue weighted by Crippen LogP contribution is 2.22. The molecule has 17 heavy (non-hydrogen) atoms. The molecule has 1 aliphatic rings. The van der Waals surface area contributed by atoms with Crippen LogP contribution in [0.25, 0.3) is 0 Å². The maximum atomic E-state index is 3.47.